The second-order valence-electron chi connectivity index (χ2n) is 3.45. The summed E-state index contributed by atoms with van der Waals surface area (Å²) in [7, 11) is 0. The molecule has 4 nitrogen and oxygen atoms in total. The molecule has 14 heavy (non-hydrogen) atoms. The Hall–Kier alpha value is -1.55. The van der Waals surface area contributed by atoms with E-state index in [1.807, 2.05) is 12.1 Å². The maximum Gasteiger partial charge on any atom is 0.249 e. The number of benzene rings is 1. The third kappa shape index (κ3) is 1.33. The van der Waals surface area contributed by atoms with E-state index in [9.17, 15) is 4.79 Å². The average molecular weight is 191 g/mol. The molecule has 1 heterocycles. The molecule has 5 N–H and O–H groups in total. The lowest BCUT2D eigenvalue weighted by molar-refractivity contribution is 0.0999. The summed E-state index contributed by atoms with van der Waals surface area (Å²) in [5.74, 6) is -0.416. The van der Waals surface area contributed by atoms with Gasteiger partial charge in [-0.15, -0.1) is 0 Å². The van der Waals surface area contributed by atoms with Crippen LogP contribution >= 0.6 is 0 Å². The van der Waals surface area contributed by atoms with Crippen LogP contribution in [-0.4, -0.2) is 12.5 Å². The summed E-state index contributed by atoms with van der Waals surface area (Å²) in [6, 6.07) is 5.36. The zero-order chi connectivity index (χ0) is 10.1. The number of hydrogen-bond donors (Lipinski definition) is 3. The van der Waals surface area contributed by atoms with Crippen LogP contribution in [0.5, 0.6) is 0 Å². The fraction of sp³-hybridized carbons (Fsp3) is 0.300. The van der Waals surface area contributed by atoms with Gasteiger partial charge in [-0.25, -0.2) is 0 Å². The number of nitrogens with two attached hydrogens (primary N) is 2. The number of primary amides is 1. The molecule has 2 rings (SSSR count). The van der Waals surface area contributed by atoms with Crippen molar-refractivity contribution in [2.24, 2.45) is 11.5 Å². The van der Waals surface area contributed by atoms with Crippen LogP contribution in [0.4, 0.5) is 5.69 Å². The fourth-order valence-corrected chi connectivity index (χ4v) is 1.84. The van der Waals surface area contributed by atoms with Crippen molar-refractivity contribution in [3.8, 4) is 0 Å². The normalized spacial score (nSPS) is 19.6. The number of amides is 1. The van der Waals surface area contributed by atoms with Gasteiger partial charge in [0.15, 0.2) is 0 Å². The molecule has 0 spiro atoms. The predicted octanol–water partition coefficient (Wildman–Crippen LogP) is 0.601. The maximum atomic E-state index is 11.2. The maximum absolute atomic E-state index is 11.2. The summed E-state index contributed by atoms with van der Waals surface area (Å²) in [6.45, 7) is 0.844. The smallest absolute Gasteiger partial charge is 0.249 e. The predicted molar refractivity (Wildman–Crippen MR) is 55.0 cm³/mol. The summed E-state index contributed by atoms with van der Waals surface area (Å²) in [4.78, 5) is 11.2. The van der Waals surface area contributed by atoms with Crippen molar-refractivity contribution >= 4 is 11.6 Å². The number of hydrogen-bond acceptors (Lipinski definition) is 3. The summed E-state index contributed by atoms with van der Waals surface area (Å²) in [5.41, 5.74) is 13.5. The second kappa shape index (κ2) is 3.31. The molecule has 0 fully saturated rings. The average Bonchev–Trinajstić information content (AvgIpc) is 2.17. The first kappa shape index (κ1) is 9.02. The molecule has 0 aromatic heterocycles. The molecular formula is C10H13N3O. The zero-order valence-electron chi connectivity index (χ0n) is 7.79. The molecule has 1 aliphatic heterocycles. The Morgan fingerprint density at radius 1 is 1.50 bits per heavy atom. The van der Waals surface area contributed by atoms with Crippen LogP contribution in [-0.2, 0) is 0 Å². The van der Waals surface area contributed by atoms with Crippen LogP contribution < -0.4 is 16.8 Å². The largest absolute Gasteiger partial charge is 0.385 e. The minimum absolute atomic E-state index is 0.0880. The lowest BCUT2D eigenvalue weighted by atomic mass is 9.93. The van der Waals surface area contributed by atoms with E-state index in [0.29, 0.717) is 5.56 Å². The second-order valence-corrected chi connectivity index (χ2v) is 3.45. The monoisotopic (exact) mass is 191 g/mol. The lowest BCUT2D eigenvalue weighted by Gasteiger charge is -2.25. The highest BCUT2D eigenvalue weighted by molar-refractivity contribution is 5.96. The van der Waals surface area contributed by atoms with Gasteiger partial charge in [0.2, 0.25) is 5.91 Å². The highest BCUT2D eigenvalue weighted by atomic mass is 16.1. The van der Waals surface area contributed by atoms with E-state index in [2.05, 4.69) is 5.32 Å². The van der Waals surface area contributed by atoms with E-state index < -0.39 is 5.91 Å². The van der Waals surface area contributed by atoms with Gasteiger partial charge in [0, 0.05) is 29.4 Å². The number of nitrogens with one attached hydrogen (secondary N) is 1. The van der Waals surface area contributed by atoms with Gasteiger partial charge in [0.1, 0.15) is 0 Å². The van der Waals surface area contributed by atoms with Crippen LogP contribution in [0.2, 0.25) is 0 Å². The van der Waals surface area contributed by atoms with Gasteiger partial charge in [-0.3, -0.25) is 4.79 Å². The van der Waals surface area contributed by atoms with Gasteiger partial charge >= 0.3 is 0 Å². The Balaban J connectivity index is 2.57. The van der Waals surface area contributed by atoms with Gasteiger partial charge in [0.05, 0.1) is 0 Å². The Kier molecular flexibility index (Phi) is 2.13. The molecule has 0 bridgehead atoms. The molecule has 4 heteroatoms. The molecule has 1 aliphatic rings. The van der Waals surface area contributed by atoms with Crippen molar-refractivity contribution in [3.05, 3.63) is 29.3 Å². The number of carbonyl (C=O) groups excluding carboxylic acids is 1. The van der Waals surface area contributed by atoms with Crippen LogP contribution in [0.3, 0.4) is 0 Å². The fourth-order valence-electron chi connectivity index (χ4n) is 1.84. The highest BCUT2D eigenvalue weighted by Crippen LogP contribution is 2.30. The Labute approximate surface area is 82.3 Å². The third-order valence-electron chi connectivity index (χ3n) is 2.51. The van der Waals surface area contributed by atoms with E-state index in [1.54, 1.807) is 6.07 Å². The van der Waals surface area contributed by atoms with Crippen LogP contribution in [0.25, 0.3) is 0 Å². The minimum atomic E-state index is -0.416. The molecule has 0 saturated carbocycles. The van der Waals surface area contributed by atoms with Crippen molar-refractivity contribution in [2.75, 3.05) is 11.9 Å². The van der Waals surface area contributed by atoms with Crippen molar-refractivity contribution in [3.63, 3.8) is 0 Å². The van der Waals surface area contributed by atoms with Crippen molar-refractivity contribution in [1.29, 1.82) is 0 Å². The van der Waals surface area contributed by atoms with Crippen molar-refractivity contribution in [1.82, 2.24) is 0 Å². The first-order valence-electron chi connectivity index (χ1n) is 4.62. The molecule has 1 aromatic carbocycles. The van der Waals surface area contributed by atoms with E-state index >= 15 is 0 Å². The molecule has 0 radical (unpaired) electrons. The van der Waals surface area contributed by atoms with E-state index in [-0.39, 0.29) is 6.04 Å². The third-order valence-corrected chi connectivity index (χ3v) is 2.51. The summed E-state index contributed by atoms with van der Waals surface area (Å²) in [6.07, 6.45) is 0.831. The number of rotatable bonds is 1. The molecular weight excluding hydrogens is 178 g/mol. The van der Waals surface area contributed by atoms with Gasteiger partial charge < -0.3 is 16.8 Å². The van der Waals surface area contributed by atoms with E-state index in [4.69, 9.17) is 11.5 Å². The van der Waals surface area contributed by atoms with Gasteiger partial charge in [0.25, 0.3) is 0 Å². The van der Waals surface area contributed by atoms with Crippen LogP contribution in [0, 0.1) is 0 Å². The quantitative estimate of drug-likeness (QED) is 0.608. The Bertz CT molecular complexity index is 376. The van der Waals surface area contributed by atoms with Gasteiger partial charge in [-0.1, -0.05) is 6.07 Å². The van der Waals surface area contributed by atoms with Crippen molar-refractivity contribution in [2.45, 2.75) is 12.5 Å². The standard InChI is InChI=1S/C10H13N3O/c11-7-4-5-13-8-3-1-2-6(9(7)8)10(12)14/h1-3,7,13H,4-5,11H2,(H2,12,14)/t7-/m0/s1. The molecule has 1 amide bonds. The number of anilines is 1. The summed E-state index contributed by atoms with van der Waals surface area (Å²) < 4.78 is 0. The highest BCUT2D eigenvalue weighted by Gasteiger charge is 2.21. The summed E-state index contributed by atoms with van der Waals surface area (Å²) in [5, 5.41) is 3.20. The summed E-state index contributed by atoms with van der Waals surface area (Å²) >= 11 is 0. The van der Waals surface area contributed by atoms with Crippen molar-refractivity contribution < 1.29 is 4.79 Å². The Morgan fingerprint density at radius 2 is 2.29 bits per heavy atom. The molecule has 1 atom stereocenters. The van der Waals surface area contributed by atoms with Gasteiger partial charge in [-0.2, -0.15) is 0 Å². The number of fused-ring (bicyclic) bond motifs is 1. The first-order valence-corrected chi connectivity index (χ1v) is 4.62. The lowest BCUT2D eigenvalue weighted by Crippen LogP contribution is -2.26. The van der Waals surface area contributed by atoms with Crippen LogP contribution in [0.1, 0.15) is 28.4 Å². The minimum Gasteiger partial charge on any atom is -0.385 e. The Morgan fingerprint density at radius 3 is 3.00 bits per heavy atom. The SMILES string of the molecule is NC(=O)c1cccc2c1[C@@H](N)CCN2. The zero-order valence-corrected chi connectivity index (χ0v) is 7.79. The molecule has 0 aliphatic carbocycles. The molecule has 0 unspecified atom stereocenters. The topological polar surface area (TPSA) is 81.1 Å². The first-order chi connectivity index (χ1) is 6.70. The van der Waals surface area contributed by atoms with Gasteiger partial charge in [-0.05, 0) is 18.6 Å². The number of carbonyl (C=O) groups is 1. The molecule has 1 aromatic rings. The van der Waals surface area contributed by atoms with E-state index in [1.165, 1.54) is 0 Å². The van der Waals surface area contributed by atoms with Crippen LogP contribution in [0.15, 0.2) is 18.2 Å². The van der Waals surface area contributed by atoms with E-state index in [0.717, 1.165) is 24.2 Å². The molecule has 74 valence electrons. The molecule has 0 saturated heterocycles.